The number of aromatic nitrogens is 2. The highest BCUT2D eigenvalue weighted by Gasteiger charge is 2.38. The van der Waals surface area contributed by atoms with Crippen molar-refractivity contribution in [3.8, 4) is 11.3 Å². The minimum absolute atomic E-state index is 0.0753. The van der Waals surface area contributed by atoms with Crippen LogP contribution in [0.25, 0.3) is 22.2 Å². The molecule has 3 aromatic carbocycles. The summed E-state index contributed by atoms with van der Waals surface area (Å²) in [6.45, 7) is 0. The smallest absolute Gasteiger partial charge is 0.475 e. The van der Waals surface area contributed by atoms with E-state index in [2.05, 4.69) is 45.8 Å². The SMILES string of the molecule is NS(=O)(=O)c1cccc(-c2n[nH]c3ccc(NC4CCc5ccccc5C4)cc23)c1.O=C(O)C(F)(F)F. The third kappa shape index (κ3) is 6.27. The van der Waals surface area contributed by atoms with Crippen molar-refractivity contribution in [1.29, 1.82) is 0 Å². The Hall–Kier alpha value is -3.90. The minimum atomic E-state index is -5.08. The van der Waals surface area contributed by atoms with Gasteiger partial charge < -0.3 is 10.4 Å². The number of aliphatic carboxylic acids is 1. The Balaban J connectivity index is 0.000000405. The Labute approximate surface area is 210 Å². The van der Waals surface area contributed by atoms with Crippen molar-refractivity contribution in [1.82, 2.24) is 10.2 Å². The molecular weight excluding hydrogens is 509 g/mol. The number of nitrogens with two attached hydrogens (primary N) is 1. The molecule has 1 aliphatic carbocycles. The number of carbonyl (C=O) groups is 1. The summed E-state index contributed by atoms with van der Waals surface area (Å²) < 4.78 is 55.2. The average Bonchev–Trinajstić information content (AvgIpc) is 3.27. The van der Waals surface area contributed by atoms with Crippen molar-refractivity contribution in [3.05, 3.63) is 77.9 Å². The van der Waals surface area contributed by atoms with Gasteiger partial charge in [0.05, 0.1) is 10.4 Å². The first-order valence-electron chi connectivity index (χ1n) is 11.2. The van der Waals surface area contributed by atoms with Crippen molar-refractivity contribution in [3.63, 3.8) is 0 Å². The zero-order chi connectivity index (χ0) is 26.8. The molecule has 5 rings (SSSR count). The number of H-pyrrole nitrogens is 1. The molecule has 1 aromatic heterocycles. The zero-order valence-electron chi connectivity index (χ0n) is 19.3. The normalized spacial score (nSPS) is 15.4. The number of halogens is 3. The number of sulfonamides is 1. The van der Waals surface area contributed by atoms with Gasteiger partial charge in [-0.2, -0.15) is 18.3 Å². The molecule has 12 heteroatoms. The fourth-order valence-corrected chi connectivity index (χ4v) is 4.76. The van der Waals surface area contributed by atoms with Crippen LogP contribution in [0.1, 0.15) is 17.5 Å². The molecular formula is C25H23F3N4O4S. The van der Waals surface area contributed by atoms with E-state index < -0.39 is 22.2 Å². The minimum Gasteiger partial charge on any atom is -0.475 e. The number of benzene rings is 3. The highest BCUT2D eigenvalue weighted by atomic mass is 32.2. The van der Waals surface area contributed by atoms with E-state index in [1.165, 1.54) is 17.2 Å². The summed E-state index contributed by atoms with van der Waals surface area (Å²) >= 11 is 0. The predicted octanol–water partition coefficient (Wildman–Crippen LogP) is 4.48. The number of primary sulfonamides is 1. The van der Waals surface area contributed by atoms with Crippen LogP contribution in [-0.4, -0.2) is 41.9 Å². The molecule has 1 unspecified atom stereocenters. The van der Waals surface area contributed by atoms with Crippen LogP contribution in [0.5, 0.6) is 0 Å². The molecule has 0 radical (unpaired) electrons. The van der Waals surface area contributed by atoms with Gasteiger partial charge in [0.25, 0.3) is 0 Å². The Morgan fingerprint density at radius 1 is 1.05 bits per heavy atom. The van der Waals surface area contributed by atoms with Crippen molar-refractivity contribution in [2.45, 2.75) is 36.4 Å². The lowest BCUT2D eigenvalue weighted by atomic mass is 9.88. The molecule has 37 heavy (non-hydrogen) atoms. The summed E-state index contributed by atoms with van der Waals surface area (Å²) in [5.74, 6) is -2.76. The number of rotatable bonds is 4. The number of hydrogen-bond donors (Lipinski definition) is 4. The topological polar surface area (TPSA) is 138 Å². The predicted molar refractivity (Wildman–Crippen MR) is 132 cm³/mol. The highest BCUT2D eigenvalue weighted by Crippen LogP contribution is 2.31. The van der Waals surface area contributed by atoms with Crippen LogP contribution < -0.4 is 10.5 Å². The molecule has 194 valence electrons. The van der Waals surface area contributed by atoms with Gasteiger partial charge in [-0.05, 0) is 60.7 Å². The van der Waals surface area contributed by atoms with E-state index in [4.69, 9.17) is 15.0 Å². The van der Waals surface area contributed by atoms with Crippen LogP contribution in [0, 0.1) is 0 Å². The molecule has 4 aromatic rings. The summed E-state index contributed by atoms with van der Waals surface area (Å²) in [5, 5.41) is 24.5. The molecule has 5 N–H and O–H groups in total. The van der Waals surface area contributed by atoms with Crippen LogP contribution in [0.15, 0.2) is 71.6 Å². The van der Waals surface area contributed by atoms with E-state index in [9.17, 15) is 21.6 Å². The lowest BCUT2D eigenvalue weighted by Gasteiger charge is -2.26. The van der Waals surface area contributed by atoms with Gasteiger partial charge in [0.2, 0.25) is 10.0 Å². The van der Waals surface area contributed by atoms with E-state index in [0.717, 1.165) is 35.9 Å². The standard InChI is InChI=1S/C23H22N4O2S.C2HF3O2/c24-30(28,29)20-7-3-6-17(13-20)23-21-14-19(10-11-22(21)26-27-23)25-18-9-8-15-4-1-2-5-16(15)12-18;3-2(4,5)1(6)7/h1-7,10-11,13-14,18,25H,8-9,12H2,(H,26,27)(H2,24,28,29);(H,6,7). The molecule has 0 amide bonds. The van der Waals surface area contributed by atoms with Crippen molar-refractivity contribution in [2.24, 2.45) is 5.14 Å². The molecule has 0 aliphatic heterocycles. The summed E-state index contributed by atoms with van der Waals surface area (Å²) in [7, 11) is -3.77. The van der Waals surface area contributed by atoms with Gasteiger partial charge in [-0.25, -0.2) is 18.4 Å². The number of hydrogen-bond acceptors (Lipinski definition) is 5. The van der Waals surface area contributed by atoms with E-state index in [1.54, 1.807) is 12.1 Å². The molecule has 0 bridgehead atoms. The largest absolute Gasteiger partial charge is 0.490 e. The second-order valence-corrected chi connectivity index (χ2v) is 10.1. The lowest BCUT2D eigenvalue weighted by molar-refractivity contribution is -0.192. The van der Waals surface area contributed by atoms with Gasteiger partial charge in [0.1, 0.15) is 5.69 Å². The summed E-state index contributed by atoms with van der Waals surface area (Å²) in [4.78, 5) is 8.97. The maximum atomic E-state index is 11.7. The van der Waals surface area contributed by atoms with Crippen molar-refractivity contribution < 1.29 is 31.5 Å². The number of anilines is 1. The number of carboxylic acid groups (broad SMARTS) is 1. The fraction of sp³-hybridized carbons (Fsp3) is 0.200. The summed E-state index contributed by atoms with van der Waals surface area (Å²) in [6.07, 6.45) is -1.92. The van der Waals surface area contributed by atoms with Gasteiger partial charge in [-0.15, -0.1) is 0 Å². The van der Waals surface area contributed by atoms with Crippen molar-refractivity contribution >= 4 is 32.6 Å². The summed E-state index contributed by atoms with van der Waals surface area (Å²) in [5.41, 5.74) is 6.18. The van der Waals surface area contributed by atoms with Gasteiger partial charge in [0.15, 0.2) is 0 Å². The second kappa shape index (κ2) is 10.2. The van der Waals surface area contributed by atoms with Crippen LogP contribution in [0.3, 0.4) is 0 Å². The third-order valence-corrected chi connectivity index (χ3v) is 6.87. The van der Waals surface area contributed by atoms with E-state index in [-0.39, 0.29) is 4.90 Å². The molecule has 1 heterocycles. The zero-order valence-corrected chi connectivity index (χ0v) is 20.1. The molecule has 1 atom stereocenters. The van der Waals surface area contributed by atoms with Gasteiger partial charge in [0, 0.05) is 22.7 Å². The maximum Gasteiger partial charge on any atom is 0.490 e. The van der Waals surface area contributed by atoms with Gasteiger partial charge in [-0.3, -0.25) is 5.10 Å². The number of aryl methyl sites for hydroxylation is 1. The quantitative estimate of drug-likeness (QED) is 0.306. The van der Waals surface area contributed by atoms with Crippen LogP contribution >= 0.6 is 0 Å². The Kier molecular flexibility index (Phi) is 7.23. The molecule has 0 fully saturated rings. The number of nitrogens with zero attached hydrogens (tertiary/aromatic N) is 1. The van der Waals surface area contributed by atoms with Crippen LogP contribution in [0.2, 0.25) is 0 Å². The van der Waals surface area contributed by atoms with Gasteiger partial charge in [-0.1, -0.05) is 36.4 Å². The van der Waals surface area contributed by atoms with Crippen molar-refractivity contribution in [2.75, 3.05) is 5.32 Å². The van der Waals surface area contributed by atoms with Gasteiger partial charge >= 0.3 is 12.1 Å². The Morgan fingerprint density at radius 3 is 2.43 bits per heavy atom. The van der Waals surface area contributed by atoms with Crippen LogP contribution in [0.4, 0.5) is 18.9 Å². The Morgan fingerprint density at radius 2 is 1.76 bits per heavy atom. The Bertz CT molecular complexity index is 1550. The number of aromatic amines is 1. The molecule has 0 saturated heterocycles. The number of alkyl halides is 3. The molecule has 8 nitrogen and oxygen atoms in total. The number of nitrogens with one attached hydrogen (secondary N) is 2. The van der Waals surface area contributed by atoms with E-state index in [0.29, 0.717) is 17.3 Å². The molecule has 0 saturated carbocycles. The summed E-state index contributed by atoms with van der Waals surface area (Å²) in [6, 6.07) is 21.7. The number of fused-ring (bicyclic) bond motifs is 2. The molecule has 0 spiro atoms. The highest BCUT2D eigenvalue weighted by molar-refractivity contribution is 7.89. The van der Waals surface area contributed by atoms with Crippen LogP contribution in [-0.2, 0) is 27.7 Å². The monoisotopic (exact) mass is 532 g/mol. The fourth-order valence-electron chi connectivity index (χ4n) is 4.20. The second-order valence-electron chi connectivity index (χ2n) is 8.56. The van der Waals surface area contributed by atoms with E-state index >= 15 is 0 Å². The maximum absolute atomic E-state index is 11.7. The first kappa shape index (κ1) is 26.2. The average molecular weight is 533 g/mol. The first-order valence-corrected chi connectivity index (χ1v) is 12.7. The lowest BCUT2D eigenvalue weighted by Crippen LogP contribution is -2.27. The van der Waals surface area contributed by atoms with E-state index in [1.807, 2.05) is 18.2 Å². The first-order chi connectivity index (χ1) is 17.4. The number of carboxylic acids is 1. The third-order valence-electron chi connectivity index (χ3n) is 5.96. The molecule has 1 aliphatic rings.